The predicted molar refractivity (Wildman–Crippen MR) is 79.7 cm³/mol. The van der Waals surface area contributed by atoms with Crippen LogP contribution in [0.1, 0.15) is 56.2 Å². The van der Waals surface area contributed by atoms with E-state index in [1.807, 2.05) is 12.2 Å². The van der Waals surface area contributed by atoms with Crippen molar-refractivity contribution >= 4 is 11.3 Å². The van der Waals surface area contributed by atoms with Crippen LogP contribution in [0.2, 0.25) is 0 Å². The SMILES string of the molecule is CC(C)c1cc(C2=C=CC=C2)cc(C(C)C)c1N. The Morgan fingerprint density at radius 3 is 1.94 bits per heavy atom. The molecule has 0 unspecified atom stereocenters. The monoisotopic (exact) mass is 239 g/mol. The maximum Gasteiger partial charge on any atom is 0.0384 e. The number of anilines is 1. The number of allylic oxidation sites excluding steroid dienone is 3. The Kier molecular flexibility index (Phi) is 3.45. The summed E-state index contributed by atoms with van der Waals surface area (Å²) in [5.74, 6) is 0.884. The van der Waals surface area contributed by atoms with Crippen LogP contribution in [0.15, 0.2) is 36.1 Å². The van der Waals surface area contributed by atoms with Crippen LogP contribution in [-0.4, -0.2) is 0 Å². The molecule has 0 fully saturated rings. The molecule has 1 aliphatic carbocycles. The van der Waals surface area contributed by atoms with Gasteiger partial charge in [-0.3, -0.25) is 0 Å². The Morgan fingerprint density at radius 2 is 1.56 bits per heavy atom. The lowest BCUT2D eigenvalue weighted by Gasteiger charge is -2.18. The van der Waals surface area contributed by atoms with E-state index in [0.717, 1.165) is 11.3 Å². The van der Waals surface area contributed by atoms with Gasteiger partial charge in [0.15, 0.2) is 0 Å². The van der Waals surface area contributed by atoms with E-state index in [2.05, 4.69) is 51.6 Å². The van der Waals surface area contributed by atoms with Crippen molar-refractivity contribution in [1.82, 2.24) is 0 Å². The Balaban J connectivity index is 2.62. The van der Waals surface area contributed by atoms with Gasteiger partial charge in [-0.1, -0.05) is 33.8 Å². The predicted octanol–water partition coefficient (Wildman–Crippen LogP) is 4.62. The summed E-state index contributed by atoms with van der Waals surface area (Å²) < 4.78 is 0. The molecule has 1 aromatic rings. The van der Waals surface area contributed by atoms with Gasteiger partial charge < -0.3 is 5.73 Å². The minimum atomic E-state index is 0.442. The molecule has 1 nitrogen and oxygen atoms in total. The molecule has 2 N–H and O–H groups in total. The van der Waals surface area contributed by atoms with Gasteiger partial charge in [0.1, 0.15) is 0 Å². The number of rotatable bonds is 3. The van der Waals surface area contributed by atoms with E-state index >= 15 is 0 Å². The highest BCUT2D eigenvalue weighted by atomic mass is 14.6. The Labute approximate surface area is 110 Å². The summed E-state index contributed by atoms with van der Waals surface area (Å²) in [4.78, 5) is 0. The summed E-state index contributed by atoms with van der Waals surface area (Å²) in [6, 6.07) is 4.41. The molecule has 0 heterocycles. The van der Waals surface area contributed by atoms with Crippen molar-refractivity contribution in [3.63, 3.8) is 0 Å². The van der Waals surface area contributed by atoms with Gasteiger partial charge in [-0.2, -0.15) is 0 Å². The second kappa shape index (κ2) is 4.88. The van der Waals surface area contributed by atoms with Crippen LogP contribution >= 0.6 is 0 Å². The molecule has 2 rings (SSSR count). The largest absolute Gasteiger partial charge is 0.398 e. The minimum Gasteiger partial charge on any atom is -0.398 e. The zero-order valence-electron chi connectivity index (χ0n) is 11.6. The standard InChI is InChI=1S/C17H21N/c1-11(2)15-9-14(13-7-5-6-8-13)10-16(12(3)4)17(15)18/h5-7,9-12H,18H2,1-4H3. The van der Waals surface area contributed by atoms with Crippen LogP contribution in [0.4, 0.5) is 5.69 Å². The summed E-state index contributed by atoms with van der Waals surface area (Å²) in [7, 11) is 0. The van der Waals surface area contributed by atoms with Crippen molar-refractivity contribution in [3.8, 4) is 0 Å². The Bertz CT molecular complexity index is 524. The number of nitrogens with two attached hydrogens (primary N) is 1. The lowest BCUT2D eigenvalue weighted by molar-refractivity contribution is 0.839. The Morgan fingerprint density at radius 1 is 1.00 bits per heavy atom. The first-order chi connectivity index (χ1) is 8.50. The molecule has 0 aromatic heterocycles. The van der Waals surface area contributed by atoms with Crippen LogP contribution in [-0.2, 0) is 0 Å². The van der Waals surface area contributed by atoms with E-state index in [4.69, 9.17) is 5.73 Å². The number of benzene rings is 1. The van der Waals surface area contributed by atoms with E-state index in [1.54, 1.807) is 0 Å². The minimum absolute atomic E-state index is 0.442. The third kappa shape index (κ3) is 2.27. The highest BCUT2D eigenvalue weighted by Crippen LogP contribution is 2.34. The highest BCUT2D eigenvalue weighted by molar-refractivity contribution is 5.79. The summed E-state index contributed by atoms with van der Waals surface area (Å²) in [6.45, 7) is 8.76. The number of hydrogen-bond acceptors (Lipinski definition) is 1. The zero-order chi connectivity index (χ0) is 13.3. The molecule has 18 heavy (non-hydrogen) atoms. The van der Waals surface area contributed by atoms with Gasteiger partial charge in [0.25, 0.3) is 0 Å². The van der Waals surface area contributed by atoms with Crippen LogP contribution in [0.3, 0.4) is 0 Å². The van der Waals surface area contributed by atoms with Crippen LogP contribution in [0, 0.1) is 0 Å². The second-order valence-corrected chi connectivity index (χ2v) is 5.46. The van der Waals surface area contributed by atoms with Crippen molar-refractivity contribution in [2.75, 3.05) is 5.73 Å². The van der Waals surface area contributed by atoms with E-state index in [-0.39, 0.29) is 0 Å². The van der Waals surface area contributed by atoms with Crippen LogP contribution in [0.5, 0.6) is 0 Å². The first kappa shape index (κ1) is 12.7. The topological polar surface area (TPSA) is 26.0 Å². The van der Waals surface area contributed by atoms with Crippen molar-refractivity contribution < 1.29 is 0 Å². The smallest absolute Gasteiger partial charge is 0.0384 e. The molecule has 94 valence electrons. The zero-order valence-corrected chi connectivity index (χ0v) is 11.6. The molecule has 0 aliphatic heterocycles. The molecule has 0 bridgehead atoms. The van der Waals surface area contributed by atoms with Crippen LogP contribution in [0.25, 0.3) is 5.57 Å². The van der Waals surface area contributed by atoms with E-state index in [0.29, 0.717) is 11.8 Å². The normalized spacial score (nSPS) is 13.8. The highest BCUT2D eigenvalue weighted by Gasteiger charge is 2.14. The molecule has 0 radical (unpaired) electrons. The van der Waals surface area contributed by atoms with Crippen molar-refractivity contribution in [2.45, 2.75) is 39.5 Å². The van der Waals surface area contributed by atoms with E-state index in [9.17, 15) is 0 Å². The summed E-state index contributed by atoms with van der Waals surface area (Å²) in [6.07, 6.45) is 6.07. The molecule has 0 spiro atoms. The molecule has 0 saturated heterocycles. The number of nitrogen functional groups attached to an aromatic ring is 1. The van der Waals surface area contributed by atoms with Gasteiger partial charge in [0.2, 0.25) is 0 Å². The quantitative estimate of drug-likeness (QED) is 0.604. The fourth-order valence-electron chi connectivity index (χ4n) is 2.32. The summed E-state index contributed by atoms with van der Waals surface area (Å²) >= 11 is 0. The first-order valence-electron chi connectivity index (χ1n) is 6.57. The third-order valence-corrected chi connectivity index (χ3v) is 3.40. The van der Waals surface area contributed by atoms with E-state index in [1.165, 1.54) is 16.7 Å². The fraction of sp³-hybridized carbons (Fsp3) is 0.353. The van der Waals surface area contributed by atoms with Gasteiger partial charge in [0, 0.05) is 11.3 Å². The molecule has 1 aromatic carbocycles. The molecule has 1 heteroatoms. The average molecular weight is 239 g/mol. The second-order valence-electron chi connectivity index (χ2n) is 5.46. The van der Waals surface area contributed by atoms with Gasteiger partial charge >= 0.3 is 0 Å². The average Bonchev–Trinajstić information content (AvgIpc) is 2.82. The summed E-state index contributed by atoms with van der Waals surface area (Å²) in [5.41, 5.74) is 15.4. The van der Waals surface area contributed by atoms with Gasteiger partial charge in [-0.25, -0.2) is 0 Å². The molecular weight excluding hydrogens is 218 g/mol. The van der Waals surface area contributed by atoms with Crippen molar-refractivity contribution in [3.05, 3.63) is 52.8 Å². The molecule has 0 amide bonds. The lowest BCUT2D eigenvalue weighted by Crippen LogP contribution is -2.04. The van der Waals surface area contributed by atoms with Crippen LogP contribution < -0.4 is 5.73 Å². The fourth-order valence-corrected chi connectivity index (χ4v) is 2.32. The first-order valence-corrected chi connectivity index (χ1v) is 6.57. The molecule has 1 aliphatic rings. The summed E-state index contributed by atoms with van der Waals surface area (Å²) in [5, 5.41) is 0. The lowest BCUT2D eigenvalue weighted by atomic mass is 9.89. The number of hydrogen-bond donors (Lipinski definition) is 1. The maximum absolute atomic E-state index is 6.30. The molecule has 0 saturated carbocycles. The van der Waals surface area contributed by atoms with Crippen molar-refractivity contribution in [2.24, 2.45) is 0 Å². The molecular formula is C17H21N. The Hall–Kier alpha value is -1.72. The van der Waals surface area contributed by atoms with Gasteiger partial charge in [-0.05, 0) is 52.8 Å². The third-order valence-electron chi connectivity index (χ3n) is 3.40. The van der Waals surface area contributed by atoms with Gasteiger partial charge in [-0.15, -0.1) is 5.73 Å². The van der Waals surface area contributed by atoms with E-state index < -0.39 is 0 Å². The van der Waals surface area contributed by atoms with Gasteiger partial charge in [0.05, 0.1) is 0 Å². The maximum atomic E-state index is 6.30. The molecule has 0 atom stereocenters. The van der Waals surface area contributed by atoms with Crippen molar-refractivity contribution in [1.29, 1.82) is 0 Å².